The average Bonchev–Trinajstić information content (AvgIpc) is 2.99. The fourth-order valence-corrected chi connectivity index (χ4v) is 4.63. The molecule has 3 aromatic carbocycles. The minimum atomic E-state index is -0.753. The standard InChI is InChI=1S/C34H37NO6/c1-26(2)41-34(16-14-30(37)15-17-34)18-19-35(25-36)22-29-20-31(39-23-27-10-6-4-7-11-27)33(38-3)32(21-29)40-24-28-12-8-5-9-13-28/h4-17,20-21,25-26H,18-19,22-24H2,1-3H3. The van der Waals surface area contributed by atoms with E-state index in [2.05, 4.69) is 0 Å². The van der Waals surface area contributed by atoms with E-state index in [4.69, 9.17) is 18.9 Å². The second-order valence-corrected chi connectivity index (χ2v) is 10.2. The Morgan fingerprint density at radius 1 is 0.829 bits per heavy atom. The van der Waals surface area contributed by atoms with Crippen LogP contribution in [0, 0.1) is 0 Å². The summed E-state index contributed by atoms with van der Waals surface area (Å²) in [4.78, 5) is 25.6. The Balaban J connectivity index is 1.56. The van der Waals surface area contributed by atoms with Crippen LogP contribution >= 0.6 is 0 Å². The minimum absolute atomic E-state index is 0.0579. The van der Waals surface area contributed by atoms with Crippen molar-refractivity contribution in [2.75, 3.05) is 13.7 Å². The van der Waals surface area contributed by atoms with Gasteiger partial charge in [0.05, 0.1) is 13.2 Å². The Hall–Kier alpha value is -4.36. The van der Waals surface area contributed by atoms with Crippen LogP contribution in [0.15, 0.2) is 97.1 Å². The first-order chi connectivity index (χ1) is 19.9. The maximum Gasteiger partial charge on any atom is 0.210 e. The van der Waals surface area contributed by atoms with E-state index in [1.807, 2.05) is 86.6 Å². The highest BCUT2D eigenvalue weighted by atomic mass is 16.5. The molecule has 1 amide bonds. The molecule has 0 bridgehead atoms. The van der Waals surface area contributed by atoms with Crippen molar-refractivity contribution >= 4 is 12.2 Å². The predicted molar refractivity (Wildman–Crippen MR) is 158 cm³/mol. The van der Waals surface area contributed by atoms with Crippen molar-refractivity contribution in [3.05, 3.63) is 114 Å². The van der Waals surface area contributed by atoms with Crippen LogP contribution in [0.3, 0.4) is 0 Å². The van der Waals surface area contributed by atoms with Crippen LogP contribution in [0.1, 0.15) is 37.0 Å². The molecule has 3 aromatic rings. The van der Waals surface area contributed by atoms with Gasteiger partial charge in [-0.25, -0.2) is 0 Å². The molecule has 0 saturated heterocycles. The number of rotatable bonds is 15. The Morgan fingerprint density at radius 2 is 1.37 bits per heavy atom. The second-order valence-electron chi connectivity index (χ2n) is 10.2. The summed E-state index contributed by atoms with van der Waals surface area (Å²) in [5.41, 5.74) is 2.11. The average molecular weight is 556 g/mol. The zero-order valence-electron chi connectivity index (χ0n) is 23.8. The van der Waals surface area contributed by atoms with Gasteiger partial charge < -0.3 is 23.8 Å². The maximum absolute atomic E-state index is 12.2. The number of methoxy groups -OCH3 is 1. The molecule has 41 heavy (non-hydrogen) atoms. The van der Waals surface area contributed by atoms with Crippen LogP contribution in [0.25, 0.3) is 0 Å². The fraction of sp³-hybridized carbons (Fsp3) is 0.294. The van der Waals surface area contributed by atoms with E-state index in [1.165, 1.54) is 12.2 Å². The molecule has 1 aliphatic rings. The monoisotopic (exact) mass is 555 g/mol. The van der Waals surface area contributed by atoms with Crippen molar-refractivity contribution in [2.45, 2.75) is 51.7 Å². The van der Waals surface area contributed by atoms with Crippen molar-refractivity contribution in [1.29, 1.82) is 0 Å². The molecule has 0 spiro atoms. The summed E-state index contributed by atoms with van der Waals surface area (Å²) in [5.74, 6) is 1.47. The molecule has 0 atom stereocenters. The summed E-state index contributed by atoms with van der Waals surface area (Å²) in [5, 5.41) is 0. The number of hydrogen-bond acceptors (Lipinski definition) is 6. The first kappa shape index (κ1) is 29.6. The zero-order valence-corrected chi connectivity index (χ0v) is 23.8. The van der Waals surface area contributed by atoms with Crippen molar-refractivity contribution in [3.63, 3.8) is 0 Å². The minimum Gasteiger partial charge on any atom is -0.490 e. The van der Waals surface area contributed by atoms with E-state index in [0.717, 1.165) is 23.1 Å². The van der Waals surface area contributed by atoms with Crippen molar-refractivity contribution < 1.29 is 28.5 Å². The predicted octanol–water partition coefficient (Wildman–Crippen LogP) is 6.06. The Kier molecular flexibility index (Phi) is 10.3. The zero-order chi connectivity index (χ0) is 29.1. The summed E-state index contributed by atoms with van der Waals surface area (Å²) in [6, 6.07) is 23.5. The summed E-state index contributed by atoms with van der Waals surface area (Å²) in [6.45, 7) is 5.32. The highest BCUT2D eigenvalue weighted by Crippen LogP contribution is 2.40. The van der Waals surface area contributed by atoms with Crippen LogP contribution < -0.4 is 14.2 Å². The van der Waals surface area contributed by atoms with Gasteiger partial charge in [0.1, 0.15) is 18.8 Å². The number of carbonyl (C=O) groups excluding carboxylic acids is 2. The molecular weight excluding hydrogens is 518 g/mol. The SMILES string of the molecule is COc1c(OCc2ccccc2)cc(CN(C=O)CCC2(OC(C)C)C=CC(=O)C=C2)cc1OCc1ccccc1. The molecule has 214 valence electrons. The lowest BCUT2D eigenvalue weighted by Gasteiger charge is -2.33. The number of allylic oxidation sites excluding steroid dienone is 2. The molecule has 7 heteroatoms. The van der Waals surface area contributed by atoms with Gasteiger partial charge in [0.25, 0.3) is 0 Å². The molecule has 1 aliphatic carbocycles. The summed E-state index contributed by atoms with van der Waals surface area (Å²) in [6.07, 6.45) is 7.84. The number of nitrogens with zero attached hydrogens (tertiary/aromatic N) is 1. The Morgan fingerprint density at radius 3 is 1.83 bits per heavy atom. The van der Waals surface area contributed by atoms with E-state index in [9.17, 15) is 9.59 Å². The summed E-state index contributed by atoms with van der Waals surface area (Å²) < 4.78 is 24.3. The van der Waals surface area contributed by atoms with Crippen LogP contribution in [-0.4, -0.2) is 42.5 Å². The number of amides is 1. The van der Waals surface area contributed by atoms with E-state index in [1.54, 1.807) is 24.2 Å². The smallest absolute Gasteiger partial charge is 0.210 e. The number of ether oxygens (including phenoxy) is 4. The molecule has 0 radical (unpaired) electrons. The molecule has 7 nitrogen and oxygen atoms in total. The Bertz CT molecular complexity index is 1270. The topological polar surface area (TPSA) is 74.3 Å². The van der Waals surface area contributed by atoms with Gasteiger partial charge in [-0.2, -0.15) is 0 Å². The molecule has 0 fully saturated rings. The van der Waals surface area contributed by atoms with Crippen molar-refractivity contribution in [1.82, 2.24) is 4.90 Å². The van der Waals surface area contributed by atoms with Gasteiger partial charge in [-0.1, -0.05) is 60.7 Å². The second kappa shape index (κ2) is 14.3. The third-order valence-electron chi connectivity index (χ3n) is 6.60. The molecule has 0 N–H and O–H groups in total. The maximum atomic E-state index is 12.2. The van der Waals surface area contributed by atoms with E-state index >= 15 is 0 Å². The van der Waals surface area contributed by atoms with Crippen molar-refractivity contribution in [2.24, 2.45) is 0 Å². The van der Waals surface area contributed by atoms with Gasteiger partial charge >= 0.3 is 0 Å². The lowest BCUT2D eigenvalue weighted by molar-refractivity contribution is -0.119. The molecule has 0 aromatic heterocycles. The first-order valence-electron chi connectivity index (χ1n) is 13.7. The quantitative estimate of drug-likeness (QED) is 0.212. The summed E-state index contributed by atoms with van der Waals surface area (Å²) in [7, 11) is 1.58. The van der Waals surface area contributed by atoms with E-state index in [0.29, 0.717) is 50.0 Å². The van der Waals surface area contributed by atoms with Gasteiger partial charge in [-0.3, -0.25) is 9.59 Å². The van der Waals surface area contributed by atoms with Crippen LogP contribution in [0.5, 0.6) is 17.2 Å². The highest BCUT2D eigenvalue weighted by Gasteiger charge is 2.29. The highest BCUT2D eigenvalue weighted by molar-refractivity contribution is 6.00. The molecule has 0 heterocycles. The van der Waals surface area contributed by atoms with Crippen LogP contribution in [-0.2, 0) is 34.1 Å². The van der Waals surface area contributed by atoms with Crippen molar-refractivity contribution in [3.8, 4) is 17.2 Å². The first-order valence-corrected chi connectivity index (χ1v) is 13.7. The normalized spacial score (nSPS) is 13.7. The van der Waals surface area contributed by atoms with Gasteiger partial charge in [-0.15, -0.1) is 0 Å². The lowest BCUT2D eigenvalue weighted by Crippen LogP contribution is -2.37. The van der Waals surface area contributed by atoms with Gasteiger partial charge in [-0.05, 0) is 67.0 Å². The number of ketones is 1. The lowest BCUT2D eigenvalue weighted by atomic mass is 9.93. The molecule has 0 saturated carbocycles. The molecular formula is C34H37NO6. The molecule has 0 aliphatic heterocycles. The molecule has 4 rings (SSSR count). The Labute approximate surface area is 242 Å². The largest absolute Gasteiger partial charge is 0.490 e. The third kappa shape index (κ3) is 8.56. The van der Waals surface area contributed by atoms with E-state index < -0.39 is 5.60 Å². The summed E-state index contributed by atoms with van der Waals surface area (Å²) >= 11 is 0. The van der Waals surface area contributed by atoms with Gasteiger partial charge in [0, 0.05) is 19.5 Å². The molecule has 0 unspecified atom stereocenters. The fourth-order valence-electron chi connectivity index (χ4n) is 4.63. The van der Waals surface area contributed by atoms with Crippen LogP contribution in [0.2, 0.25) is 0 Å². The van der Waals surface area contributed by atoms with Gasteiger partial charge in [0.2, 0.25) is 12.2 Å². The number of benzene rings is 3. The van der Waals surface area contributed by atoms with Gasteiger partial charge in [0.15, 0.2) is 17.3 Å². The third-order valence-corrected chi connectivity index (χ3v) is 6.60. The number of hydrogen-bond donors (Lipinski definition) is 0. The van der Waals surface area contributed by atoms with E-state index in [-0.39, 0.29) is 11.9 Å². The number of carbonyl (C=O) groups is 2. The van der Waals surface area contributed by atoms with Crippen LogP contribution in [0.4, 0.5) is 0 Å².